The van der Waals surface area contributed by atoms with Gasteiger partial charge in [-0.2, -0.15) is 0 Å². The van der Waals surface area contributed by atoms with Crippen LogP contribution in [0.2, 0.25) is 0 Å². The van der Waals surface area contributed by atoms with Gasteiger partial charge in [0.1, 0.15) is 11.5 Å². The molecule has 4 rings (SSSR count). The van der Waals surface area contributed by atoms with Gasteiger partial charge in [0.25, 0.3) is 11.8 Å². The largest absolute Gasteiger partial charge is 0.493 e. The molecular formula is C24H28N4O5. The molecule has 2 heterocycles. The summed E-state index contributed by atoms with van der Waals surface area (Å²) in [5, 5.41) is 5.52. The zero-order chi connectivity index (χ0) is 23.4. The molecule has 174 valence electrons. The Kier molecular flexibility index (Phi) is 6.79. The van der Waals surface area contributed by atoms with E-state index in [0.717, 1.165) is 18.4 Å². The molecular weight excluding hydrogens is 424 g/mol. The van der Waals surface area contributed by atoms with E-state index in [1.165, 1.54) is 6.92 Å². The van der Waals surface area contributed by atoms with Crippen LogP contribution in [0.3, 0.4) is 0 Å². The Labute approximate surface area is 192 Å². The van der Waals surface area contributed by atoms with Crippen molar-refractivity contribution < 1.29 is 23.9 Å². The van der Waals surface area contributed by atoms with Crippen molar-refractivity contribution in [2.45, 2.75) is 26.3 Å². The van der Waals surface area contributed by atoms with Gasteiger partial charge in [0.15, 0.2) is 6.61 Å². The van der Waals surface area contributed by atoms with E-state index in [-0.39, 0.29) is 30.9 Å². The van der Waals surface area contributed by atoms with Crippen molar-refractivity contribution in [1.29, 1.82) is 0 Å². The Morgan fingerprint density at radius 1 is 1.24 bits per heavy atom. The number of hydrogen-bond donors (Lipinski definition) is 3. The minimum absolute atomic E-state index is 0.0137. The highest BCUT2D eigenvalue weighted by Crippen LogP contribution is 2.30. The topological polar surface area (TPSA) is 123 Å². The molecule has 33 heavy (non-hydrogen) atoms. The quantitative estimate of drug-likeness (QED) is 0.618. The third-order valence-corrected chi connectivity index (χ3v) is 5.88. The number of ether oxygens (including phenoxy) is 2. The zero-order valence-electron chi connectivity index (χ0n) is 18.6. The van der Waals surface area contributed by atoms with Gasteiger partial charge in [-0.3, -0.25) is 14.4 Å². The molecule has 2 aliphatic heterocycles. The predicted molar refractivity (Wildman–Crippen MR) is 123 cm³/mol. The van der Waals surface area contributed by atoms with E-state index < -0.39 is 0 Å². The summed E-state index contributed by atoms with van der Waals surface area (Å²) in [4.78, 5) is 37.7. The van der Waals surface area contributed by atoms with Crippen molar-refractivity contribution >= 4 is 29.1 Å². The van der Waals surface area contributed by atoms with Crippen LogP contribution in [0.1, 0.15) is 35.7 Å². The van der Waals surface area contributed by atoms with Gasteiger partial charge in [-0.25, -0.2) is 0 Å². The lowest BCUT2D eigenvalue weighted by Crippen LogP contribution is -2.39. The summed E-state index contributed by atoms with van der Waals surface area (Å²) in [5.41, 5.74) is 8.37. The molecule has 0 spiro atoms. The zero-order valence-corrected chi connectivity index (χ0v) is 18.6. The molecule has 9 nitrogen and oxygen atoms in total. The maximum atomic E-state index is 13.0. The first-order valence-corrected chi connectivity index (χ1v) is 11.0. The maximum Gasteiger partial charge on any atom is 0.262 e. The Morgan fingerprint density at radius 2 is 2.03 bits per heavy atom. The average Bonchev–Trinajstić information content (AvgIpc) is 2.82. The van der Waals surface area contributed by atoms with Crippen LogP contribution in [0.15, 0.2) is 36.4 Å². The minimum atomic E-state index is -0.228. The molecule has 0 saturated carbocycles. The third kappa shape index (κ3) is 5.25. The fraction of sp³-hybridized carbons (Fsp3) is 0.375. The molecule has 2 aliphatic rings. The van der Waals surface area contributed by atoms with E-state index in [2.05, 4.69) is 10.6 Å². The number of amides is 3. The number of carbonyl (C=O) groups excluding carboxylic acids is 3. The van der Waals surface area contributed by atoms with Crippen molar-refractivity contribution in [3.63, 3.8) is 0 Å². The number of benzene rings is 2. The second-order valence-electron chi connectivity index (χ2n) is 8.26. The van der Waals surface area contributed by atoms with Crippen molar-refractivity contribution in [3.8, 4) is 11.5 Å². The Bertz CT molecular complexity index is 1060. The molecule has 3 amide bonds. The van der Waals surface area contributed by atoms with Gasteiger partial charge in [0, 0.05) is 43.4 Å². The number of nitrogens with two attached hydrogens (primary N) is 1. The number of piperidine rings is 1. The van der Waals surface area contributed by atoms with E-state index in [1.807, 2.05) is 17.0 Å². The first-order chi connectivity index (χ1) is 15.9. The number of nitrogens with zero attached hydrogens (tertiary/aromatic N) is 1. The maximum absolute atomic E-state index is 13.0. The van der Waals surface area contributed by atoms with Gasteiger partial charge in [-0.15, -0.1) is 0 Å². The van der Waals surface area contributed by atoms with E-state index in [0.29, 0.717) is 54.1 Å². The third-order valence-electron chi connectivity index (χ3n) is 5.88. The smallest absolute Gasteiger partial charge is 0.262 e. The number of rotatable bonds is 6. The SMILES string of the molecule is CC(=O)Nc1cccc(OCC2CCN(C(=O)c3ccc4c(c3)NC(=O)CO4)CC2)c1CN. The molecule has 2 aromatic carbocycles. The van der Waals surface area contributed by atoms with Crippen LogP contribution >= 0.6 is 0 Å². The van der Waals surface area contributed by atoms with Crippen LogP contribution in [-0.2, 0) is 16.1 Å². The van der Waals surface area contributed by atoms with Gasteiger partial charge < -0.3 is 30.7 Å². The number of anilines is 2. The van der Waals surface area contributed by atoms with Crippen molar-refractivity contribution in [2.75, 3.05) is 36.9 Å². The molecule has 0 aliphatic carbocycles. The van der Waals surface area contributed by atoms with Crippen LogP contribution < -0.4 is 25.8 Å². The normalized spacial score (nSPS) is 15.8. The monoisotopic (exact) mass is 452 g/mol. The van der Waals surface area contributed by atoms with Crippen molar-refractivity contribution in [1.82, 2.24) is 4.90 Å². The molecule has 2 aromatic rings. The van der Waals surface area contributed by atoms with Gasteiger partial charge in [0.05, 0.1) is 12.3 Å². The minimum Gasteiger partial charge on any atom is -0.493 e. The van der Waals surface area contributed by atoms with Crippen LogP contribution in [0.4, 0.5) is 11.4 Å². The van der Waals surface area contributed by atoms with E-state index in [1.54, 1.807) is 24.3 Å². The number of carbonyl (C=O) groups is 3. The molecule has 9 heteroatoms. The van der Waals surface area contributed by atoms with Crippen molar-refractivity contribution in [2.24, 2.45) is 11.7 Å². The lowest BCUT2D eigenvalue weighted by atomic mass is 9.97. The molecule has 0 bridgehead atoms. The summed E-state index contributed by atoms with van der Waals surface area (Å²) in [6.45, 7) is 3.47. The lowest BCUT2D eigenvalue weighted by Gasteiger charge is -2.32. The molecule has 0 aromatic heterocycles. The van der Waals surface area contributed by atoms with Crippen molar-refractivity contribution in [3.05, 3.63) is 47.5 Å². The van der Waals surface area contributed by atoms with E-state index >= 15 is 0 Å². The number of fused-ring (bicyclic) bond motifs is 1. The number of nitrogens with one attached hydrogen (secondary N) is 2. The molecule has 1 saturated heterocycles. The first kappa shape index (κ1) is 22.6. The first-order valence-electron chi connectivity index (χ1n) is 11.0. The predicted octanol–water partition coefficient (Wildman–Crippen LogP) is 2.37. The summed E-state index contributed by atoms with van der Waals surface area (Å²) in [7, 11) is 0. The molecule has 4 N–H and O–H groups in total. The highest BCUT2D eigenvalue weighted by atomic mass is 16.5. The summed E-state index contributed by atoms with van der Waals surface area (Å²) >= 11 is 0. The molecule has 0 unspecified atom stereocenters. The molecule has 0 radical (unpaired) electrons. The second kappa shape index (κ2) is 9.91. The van der Waals surface area contributed by atoms with Crippen LogP contribution in [0.5, 0.6) is 11.5 Å². The Morgan fingerprint density at radius 3 is 2.76 bits per heavy atom. The number of likely N-dealkylation sites (tertiary alicyclic amines) is 1. The fourth-order valence-corrected chi connectivity index (χ4v) is 4.13. The van der Waals surface area contributed by atoms with Gasteiger partial charge >= 0.3 is 0 Å². The van der Waals surface area contributed by atoms with Crippen LogP contribution in [0, 0.1) is 5.92 Å². The summed E-state index contributed by atoms with van der Waals surface area (Å²) < 4.78 is 11.4. The van der Waals surface area contributed by atoms with Gasteiger partial charge in [-0.1, -0.05) is 6.07 Å². The highest BCUT2D eigenvalue weighted by Gasteiger charge is 2.26. The molecule has 1 fully saturated rings. The summed E-state index contributed by atoms with van der Waals surface area (Å²) in [6.07, 6.45) is 1.64. The van der Waals surface area contributed by atoms with E-state index in [9.17, 15) is 14.4 Å². The number of hydrogen-bond acceptors (Lipinski definition) is 6. The van der Waals surface area contributed by atoms with Crippen LogP contribution in [-0.4, -0.2) is 48.9 Å². The molecule has 0 atom stereocenters. The Hall–Kier alpha value is -3.59. The lowest BCUT2D eigenvalue weighted by molar-refractivity contribution is -0.118. The second-order valence-corrected chi connectivity index (χ2v) is 8.26. The van der Waals surface area contributed by atoms with Gasteiger partial charge in [0.2, 0.25) is 5.91 Å². The van der Waals surface area contributed by atoms with Crippen LogP contribution in [0.25, 0.3) is 0 Å². The van der Waals surface area contributed by atoms with E-state index in [4.69, 9.17) is 15.2 Å². The highest BCUT2D eigenvalue weighted by molar-refractivity contribution is 6.00. The standard InChI is InChI=1S/C24H28N4O5/c1-15(29)26-19-3-2-4-21(18(19)12-25)32-13-16-7-9-28(10-8-16)24(31)17-5-6-22-20(11-17)27-23(30)14-33-22/h2-6,11,16H,7-10,12-14,25H2,1H3,(H,26,29)(H,27,30). The summed E-state index contributed by atoms with van der Waals surface area (Å²) in [5.74, 6) is 1.09. The average molecular weight is 453 g/mol. The Balaban J connectivity index is 1.32. The fourth-order valence-electron chi connectivity index (χ4n) is 4.13. The van der Waals surface area contributed by atoms with Gasteiger partial charge in [-0.05, 0) is 49.1 Å². The summed E-state index contributed by atoms with van der Waals surface area (Å²) in [6, 6.07) is 10.6.